The van der Waals surface area contributed by atoms with Gasteiger partial charge in [-0.1, -0.05) is 43.7 Å². The van der Waals surface area contributed by atoms with Crippen molar-refractivity contribution in [2.45, 2.75) is 32.7 Å². The molecule has 0 saturated carbocycles. The molecule has 20 heavy (non-hydrogen) atoms. The Kier molecular flexibility index (Phi) is 5.35. The van der Waals surface area contributed by atoms with Crippen molar-refractivity contribution in [1.29, 1.82) is 0 Å². The van der Waals surface area contributed by atoms with Gasteiger partial charge in [0.2, 0.25) is 5.95 Å². The SMILES string of the molecule is CCCCNc1nccc(NC(C)c2ccccc2)n1. The number of unbranched alkanes of at least 4 members (excludes halogenated alkanes) is 1. The van der Waals surface area contributed by atoms with Gasteiger partial charge in [0.1, 0.15) is 5.82 Å². The summed E-state index contributed by atoms with van der Waals surface area (Å²) in [6, 6.07) is 12.4. The van der Waals surface area contributed by atoms with E-state index in [1.54, 1.807) is 6.20 Å². The van der Waals surface area contributed by atoms with Crippen molar-refractivity contribution in [3.05, 3.63) is 48.2 Å². The van der Waals surface area contributed by atoms with Gasteiger partial charge < -0.3 is 10.6 Å². The molecule has 0 spiro atoms. The fourth-order valence-electron chi connectivity index (χ4n) is 1.95. The summed E-state index contributed by atoms with van der Waals surface area (Å²) in [4.78, 5) is 8.71. The molecule has 4 nitrogen and oxygen atoms in total. The van der Waals surface area contributed by atoms with Crippen LogP contribution in [0.3, 0.4) is 0 Å². The summed E-state index contributed by atoms with van der Waals surface area (Å²) in [6.07, 6.45) is 4.07. The predicted molar refractivity (Wildman–Crippen MR) is 83.9 cm³/mol. The Morgan fingerprint density at radius 1 is 1.15 bits per heavy atom. The number of rotatable bonds is 7. The van der Waals surface area contributed by atoms with Gasteiger partial charge in [-0.05, 0) is 25.0 Å². The van der Waals surface area contributed by atoms with Gasteiger partial charge in [-0.25, -0.2) is 4.98 Å². The van der Waals surface area contributed by atoms with Crippen molar-refractivity contribution >= 4 is 11.8 Å². The highest BCUT2D eigenvalue weighted by molar-refractivity contribution is 5.41. The average molecular weight is 270 g/mol. The fourth-order valence-corrected chi connectivity index (χ4v) is 1.95. The molecule has 0 amide bonds. The lowest BCUT2D eigenvalue weighted by Gasteiger charge is -2.15. The van der Waals surface area contributed by atoms with E-state index in [-0.39, 0.29) is 6.04 Å². The molecular weight excluding hydrogens is 248 g/mol. The number of anilines is 2. The number of aromatic nitrogens is 2. The molecule has 0 bridgehead atoms. The molecule has 0 saturated heterocycles. The van der Waals surface area contributed by atoms with Crippen molar-refractivity contribution in [2.24, 2.45) is 0 Å². The van der Waals surface area contributed by atoms with Crippen molar-refractivity contribution in [1.82, 2.24) is 9.97 Å². The van der Waals surface area contributed by atoms with E-state index in [2.05, 4.69) is 46.6 Å². The molecule has 2 N–H and O–H groups in total. The summed E-state index contributed by atoms with van der Waals surface area (Å²) in [6.45, 7) is 5.21. The molecule has 2 rings (SSSR count). The van der Waals surface area contributed by atoms with Gasteiger partial charge in [-0.2, -0.15) is 4.98 Å². The first-order valence-corrected chi connectivity index (χ1v) is 7.18. The normalized spacial score (nSPS) is 11.9. The smallest absolute Gasteiger partial charge is 0.224 e. The summed E-state index contributed by atoms with van der Waals surface area (Å²) >= 11 is 0. The van der Waals surface area contributed by atoms with Gasteiger partial charge in [-0.15, -0.1) is 0 Å². The number of hydrogen-bond acceptors (Lipinski definition) is 4. The first-order valence-electron chi connectivity index (χ1n) is 7.18. The van der Waals surface area contributed by atoms with Gasteiger partial charge >= 0.3 is 0 Å². The third-order valence-electron chi connectivity index (χ3n) is 3.13. The van der Waals surface area contributed by atoms with Crippen LogP contribution in [0.5, 0.6) is 0 Å². The second kappa shape index (κ2) is 7.48. The van der Waals surface area contributed by atoms with E-state index < -0.39 is 0 Å². The Morgan fingerprint density at radius 2 is 1.95 bits per heavy atom. The molecule has 0 aliphatic rings. The van der Waals surface area contributed by atoms with Crippen LogP contribution in [0.25, 0.3) is 0 Å². The standard InChI is InChI=1S/C16H22N4/c1-3-4-11-17-16-18-12-10-15(20-16)19-13(2)14-8-6-5-7-9-14/h5-10,12-13H,3-4,11H2,1-2H3,(H2,17,18,19,20). The number of hydrogen-bond donors (Lipinski definition) is 2. The van der Waals surface area contributed by atoms with Crippen molar-refractivity contribution < 1.29 is 0 Å². The molecule has 0 fully saturated rings. The number of nitrogens with zero attached hydrogens (tertiary/aromatic N) is 2. The van der Waals surface area contributed by atoms with E-state index in [0.717, 1.165) is 25.2 Å². The molecule has 1 aromatic heterocycles. The zero-order chi connectivity index (χ0) is 14.2. The first kappa shape index (κ1) is 14.3. The molecule has 2 aromatic rings. The second-order valence-electron chi connectivity index (χ2n) is 4.82. The Morgan fingerprint density at radius 3 is 2.70 bits per heavy atom. The lowest BCUT2D eigenvalue weighted by atomic mass is 10.1. The number of nitrogens with one attached hydrogen (secondary N) is 2. The minimum absolute atomic E-state index is 0.217. The highest BCUT2D eigenvalue weighted by Crippen LogP contribution is 2.17. The van der Waals surface area contributed by atoms with Gasteiger partial charge in [0.05, 0.1) is 0 Å². The summed E-state index contributed by atoms with van der Waals surface area (Å²) in [5.74, 6) is 1.53. The van der Waals surface area contributed by atoms with Crippen LogP contribution in [0.1, 0.15) is 38.3 Å². The Bertz CT molecular complexity index is 513. The lowest BCUT2D eigenvalue weighted by Crippen LogP contribution is -2.10. The molecule has 1 heterocycles. The largest absolute Gasteiger partial charge is 0.363 e. The maximum atomic E-state index is 4.48. The van der Waals surface area contributed by atoms with E-state index >= 15 is 0 Å². The second-order valence-corrected chi connectivity index (χ2v) is 4.82. The molecule has 1 atom stereocenters. The topological polar surface area (TPSA) is 49.8 Å². The maximum absolute atomic E-state index is 4.48. The van der Waals surface area contributed by atoms with Crippen LogP contribution < -0.4 is 10.6 Å². The summed E-state index contributed by atoms with van der Waals surface area (Å²) in [5.41, 5.74) is 1.24. The highest BCUT2D eigenvalue weighted by Gasteiger charge is 2.06. The van der Waals surface area contributed by atoms with Crippen LogP contribution in [0.15, 0.2) is 42.6 Å². The summed E-state index contributed by atoms with van der Waals surface area (Å²) < 4.78 is 0. The van der Waals surface area contributed by atoms with Crippen LogP contribution in [0.4, 0.5) is 11.8 Å². The van der Waals surface area contributed by atoms with E-state index in [1.807, 2.05) is 24.3 Å². The average Bonchev–Trinajstić information content (AvgIpc) is 2.49. The molecule has 0 aliphatic heterocycles. The minimum atomic E-state index is 0.217. The minimum Gasteiger partial charge on any atom is -0.363 e. The Balaban J connectivity index is 1.97. The van der Waals surface area contributed by atoms with Gasteiger partial charge in [-0.3, -0.25) is 0 Å². The monoisotopic (exact) mass is 270 g/mol. The molecular formula is C16H22N4. The quantitative estimate of drug-likeness (QED) is 0.750. The molecule has 0 radical (unpaired) electrons. The molecule has 1 unspecified atom stereocenters. The third-order valence-corrected chi connectivity index (χ3v) is 3.13. The third kappa shape index (κ3) is 4.23. The van der Waals surface area contributed by atoms with E-state index in [9.17, 15) is 0 Å². The molecule has 1 aromatic carbocycles. The van der Waals surface area contributed by atoms with Crippen LogP contribution in [-0.2, 0) is 0 Å². The van der Waals surface area contributed by atoms with Crippen molar-refractivity contribution in [3.8, 4) is 0 Å². The van der Waals surface area contributed by atoms with E-state index in [1.165, 1.54) is 5.56 Å². The van der Waals surface area contributed by atoms with E-state index in [0.29, 0.717) is 5.95 Å². The van der Waals surface area contributed by atoms with Crippen molar-refractivity contribution in [2.75, 3.05) is 17.2 Å². The van der Waals surface area contributed by atoms with Gasteiger partial charge in [0, 0.05) is 18.8 Å². The zero-order valence-corrected chi connectivity index (χ0v) is 12.1. The van der Waals surface area contributed by atoms with Gasteiger partial charge in [0.15, 0.2) is 0 Å². The zero-order valence-electron chi connectivity index (χ0n) is 12.1. The molecule has 0 aliphatic carbocycles. The number of benzene rings is 1. The maximum Gasteiger partial charge on any atom is 0.224 e. The van der Waals surface area contributed by atoms with Gasteiger partial charge in [0.25, 0.3) is 0 Å². The summed E-state index contributed by atoms with van der Waals surface area (Å²) in [7, 11) is 0. The molecule has 106 valence electrons. The van der Waals surface area contributed by atoms with Crippen LogP contribution >= 0.6 is 0 Å². The Hall–Kier alpha value is -2.10. The highest BCUT2D eigenvalue weighted by atomic mass is 15.1. The van der Waals surface area contributed by atoms with Crippen molar-refractivity contribution in [3.63, 3.8) is 0 Å². The van der Waals surface area contributed by atoms with Crippen LogP contribution in [-0.4, -0.2) is 16.5 Å². The Labute approximate surface area is 120 Å². The van der Waals surface area contributed by atoms with Crippen LogP contribution in [0.2, 0.25) is 0 Å². The predicted octanol–water partition coefficient (Wildman–Crippen LogP) is 3.86. The van der Waals surface area contributed by atoms with E-state index in [4.69, 9.17) is 0 Å². The van der Waals surface area contributed by atoms with Crippen LogP contribution in [0, 0.1) is 0 Å². The first-order chi connectivity index (χ1) is 9.79. The fraction of sp³-hybridized carbons (Fsp3) is 0.375. The lowest BCUT2D eigenvalue weighted by molar-refractivity contribution is 0.824. The molecule has 4 heteroatoms. The summed E-state index contributed by atoms with van der Waals surface area (Å²) in [5, 5.41) is 6.63.